The monoisotopic (exact) mass is 289 g/mol. The van der Waals surface area contributed by atoms with Crippen LogP contribution in [-0.2, 0) is 9.59 Å². The van der Waals surface area contributed by atoms with Crippen LogP contribution in [0.3, 0.4) is 0 Å². The first kappa shape index (κ1) is 15.6. The molecule has 3 amide bonds. The summed E-state index contributed by atoms with van der Waals surface area (Å²) in [4.78, 5) is 35.2. The number of rotatable bonds is 5. The lowest BCUT2D eigenvalue weighted by atomic mass is 10.1. The molecule has 1 heterocycles. The van der Waals surface area contributed by atoms with Crippen LogP contribution < -0.4 is 11.1 Å². The summed E-state index contributed by atoms with van der Waals surface area (Å²) >= 11 is 1.78. The number of nitrogens with one attached hydrogen (secondary N) is 1. The molecule has 1 aliphatic heterocycles. The fraction of sp³-hybridized carbons (Fsp3) is 0.727. The molecule has 4 N–H and O–H groups in total. The summed E-state index contributed by atoms with van der Waals surface area (Å²) < 4.78 is 0. The summed E-state index contributed by atoms with van der Waals surface area (Å²) in [5.74, 6) is -0.898. The Hall–Kier alpha value is -1.44. The number of primary amides is 1. The highest BCUT2D eigenvalue weighted by Crippen LogP contribution is 2.17. The maximum absolute atomic E-state index is 11.9. The molecule has 0 aromatic carbocycles. The number of carbonyl (C=O) groups excluding carboxylic acids is 2. The molecule has 0 aromatic heterocycles. The average molecular weight is 289 g/mol. The van der Waals surface area contributed by atoms with Crippen LogP contribution in [0.5, 0.6) is 0 Å². The highest BCUT2D eigenvalue weighted by molar-refractivity contribution is 7.99. The second-order valence-electron chi connectivity index (χ2n) is 4.47. The molecule has 0 aromatic rings. The van der Waals surface area contributed by atoms with E-state index in [2.05, 4.69) is 5.32 Å². The van der Waals surface area contributed by atoms with E-state index >= 15 is 0 Å². The Morgan fingerprint density at radius 3 is 2.74 bits per heavy atom. The molecule has 1 fully saturated rings. The van der Waals surface area contributed by atoms with Gasteiger partial charge in [-0.15, -0.1) is 0 Å². The van der Waals surface area contributed by atoms with Gasteiger partial charge in [0.2, 0.25) is 5.91 Å². The van der Waals surface area contributed by atoms with Gasteiger partial charge >= 0.3 is 12.0 Å². The van der Waals surface area contributed by atoms with Crippen LogP contribution >= 0.6 is 11.8 Å². The lowest BCUT2D eigenvalue weighted by molar-refractivity contribution is -0.139. The van der Waals surface area contributed by atoms with Gasteiger partial charge in [-0.05, 0) is 6.42 Å². The SMILES string of the molecule is CC1CN(C(=O)NC(CCC(N)=O)C(=O)O)CCS1. The largest absolute Gasteiger partial charge is 0.480 e. The zero-order valence-electron chi connectivity index (χ0n) is 10.8. The first-order valence-electron chi connectivity index (χ1n) is 6.08. The van der Waals surface area contributed by atoms with Crippen LogP contribution in [0.15, 0.2) is 0 Å². The number of nitrogens with zero attached hydrogens (tertiary/aromatic N) is 1. The Balaban J connectivity index is 2.50. The van der Waals surface area contributed by atoms with E-state index in [4.69, 9.17) is 10.8 Å². The summed E-state index contributed by atoms with van der Waals surface area (Å²) in [7, 11) is 0. The van der Waals surface area contributed by atoms with Crippen LogP contribution in [0.25, 0.3) is 0 Å². The molecule has 108 valence electrons. The summed E-state index contributed by atoms with van der Waals surface area (Å²) in [5.41, 5.74) is 4.97. The molecule has 2 unspecified atom stereocenters. The molecule has 0 radical (unpaired) electrons. The molecule has 1 aliphatic rings. The van der Waals surface area contributed by atoms with E-state index < -0.39 is 23.9 Å². The van der Waals surface area contributed by atoms with Crippen molar-refractivity contribution in [3.05, 3.63) is 0 Å². The second-order valence-corrected chi connectivity index (χ2v) is 6.02. The predicted octanol–water partition coefficient (Wildman–Crippen LogP) is -0.148. The van der Waals surface area contributed by atoms with Crippen LogP contribution in [0.2, 0.25) is 0 Å². The maximum atomic E-state index is 11.9. The summed E-state index contributed by atoms with van der Waals surface area (Å²) in [6.07, 6.45) is -0.0575. The smallest absolute Gasteiger partial charge is 0.326 e. The summed E-state index contributed by atoms with van der Waals surface area (Å²) in [6, 6.07) is -1.48. The normalized spacial score (nSPS) is 20.7. The highest BCUT2D eigenvalue weighted by atomic mass is 32.2. The van der Waals surface area contributed by atoms with Gasteiger partial charge in [0.25, 0.3) is 0 Å². The Kier molecular flexibility index (Phi) is 5.94. The van der Waals surface area contributed by atoms with Gasteiger partial charge in [-0.3, -0.25) is 4.79 Å². The van der Waals surface area contributed by atoms with E-state index in [-0.39, 0.29) is 12.8 Å². The first-order chi connectivity index (χ1) is 8.90. The number of carboxylic acid groups (broad SMARTS) is 1. The van der Waals surface area contributed by atoms with Gasteiger partial charge in [-0.2, -0.15) is 11.8 Å². The van der Waals surface area contributed by atoms with Gasteiger partial charge in [-0.1, -0.05) is 6.92 Å². The first-order valence-corrected chi connectivity index (χ1v) is 7.13. The Morgan fingerprint density at radius 1 is 1.53 bits per heavy atom. The van der Waals surface area contributed by atoms with Gasteiger partial charge < -0.3 is 21.1 Å². The zero-order chi connectivity index (χ0) is 14.4. The van der Waals surface area contributed by atoms with Crippen molar-refractivity contribution in [1.29, 1.82) is 0 Å². The molecular formula is C11H19N3O4S. The van der Waals surface area contributed by atoms with Gasteiger partial charge in [0.1, 0.15) is 6.04 Å². The van der Waals surface area contributed by atoms with Crippen molar-refractivity contribution in [1.82, 2.24) is 10.2 Å². The third kappa shape index (κ3) is 5.37. The van der Waals surface area contributed by atoms with Crippen LogP contribution in [-0.4, -0.2) is 58.0 Å². The van der Waals surface area contributed by atoms with E-state index in [1.54, 1.807) is 16.7 Å². The van der Waals surface area contributed by atoms with Crippen molar-refractivity contribution in [2.24, 2.45) is 5.73 Å². The van der Waals surface area contributed by atoms with Crippen LogP contribution in [0.1, 0.15) is 19.8 Å². The van der Waals surface area contributed by atoms with Crippen LogP contribution in [0, 0.1) is 0 Å². The maximum Gasteiger partial charge on any atom is 0.326 e. The molecule has 7 nitrogen and oxygen atoms in total. The molecule has 0 bridgehead atoms. The predicted molar refractivity (Wildman–Crippen MR) is 71.9 cm³/mol. The van der Waals surface area contributed by atoms with Gasteiger partial charge in [0.05, 0.1) is 0 Å². The number of thioether (sulfide) groups is 1. The Bertz CT molecular complexity index is 364. The molecule has 1 rings (SSSR count). The fourth-order valence-electron chi connectivity index (χ4n) is 1.79. The number of carbonyl (C=O) groups is 3. The molecule has 0 aliphatic carbocycles. The minimum Gasteiger partial charge on any atom is -0.480 e. The highest BCUT2D eigenvalue weighted by Gasteiger charge is 2.26. The van der Waals surface area contributed by atoms with E-state index in [0.717, 1.165) is 5.75 Å². The number of hydrogen-bond donors (Lipinski definition) is 3. The molecule has 8 heteroatoms. The standard InChI is InChI=1S/C11H19N3O4S/c1-7-6-14(4-5-19-7)11(18)13-8(10(16)17)2-3-9(12)15/h7-8H,2-6H2,1H3,(H2,12,15)(H,13,18)(H,16,17). The van der Waals surface area contributed by atoms with Crippen molar-refractivity contribution in [3.8, 4) is 0 Å². The number of hydrogen-bond acceptors (Lipinski definition) is 4. The van der Waals surface area contributed by atoms with Crippen molar-refractivity contribution >= 4 is 29.7 Å². The van der Waals surface area contributed by atoms with Crippen molar-refractivity contribution < 1.29 is 19.5 Å². The zero-order valence-corrected chi connectivity index (χ0v) is 11.6. The van der Waals surface area contributed by atoms with Gasteiger partial charge in [0.15, 0.2) is 0 Å². The lowest BCUT2D eigenvalue weighted by Crippen LogP contribution is -2.51. The average Bonchev–Trinajstić information content (AvgIpc) is 2.33. The molecule has 19 heavy (non-hydrogen) atoms. The minimum atomic E-state index is -1.16. The lowest BCUT2D eigenvalue weighted by Gasteiger charge is -2.31. The Morgan fingerprint density at radius 2 is 2.21 bits per heavy atom. The van der Waals surface area contributed by atoms with E-state index in [0.29, 0.717) is 18.3 Å². The third-order valence-corrected chi connectivity index (χ3v) is 3.94. The molecule has 1 saturated heterocycles. The van der Waals surface area contributed by atoms with Crippen molar-refractivity contribution in [2.75, 3.05) is 18.8 Å². The topological polar surface area (TPSA) is 113 Å². The minimum absolute atomic E-state index is 0.00848. The third-order valence-electron chi connectivity index (χ3n) is 2.80. The number of aliphatic carboxylic acids is 1. The summed E-state index contributed by atoms with van der Waals surface area (Å²) in [6.45, 7) is 3.22. The number of urea groups is 1. The fourth-order valence-corrected chi connectivity index (χ4v) is 2.80. The van der Waals surface area contributed by atoms with E-state index in [1.807, 2.05) is 6.92 Å². The Labute approximate surface area is 115 Å². The van der Waals surface area contributed by atoms with E-state index in [1.165, 1.54) is 0 Å². The van der Waals surface area contributed by atoms with Crippen molar-refractivity contribution in [2.45, 2.75) is 31.1 Å². The van der Waals surface area contributed by atoms with Gasteiger partial charge in [-0.25, -0.2) is 9.59 Å². The molecule has 0 saturated carbocycles. The number of nitrogens with two attached hydrogens (primary N) is 1. The molecular weight excluding hydrogens is 270 g/mol. The van der Waals surface area contributed by atoms with Crippen molar-refractivity contribution in [3.63, 3.8) is 0 Å². The number of carboxylic acids is 1. The summed E-state index contributed by atoms with van der Waals surface area (Å²) in [5, 5.41) is 11.8. The molecule has 0 spiro atoms. The second kappa shape index (κ2) is 7.22. The van der Waals surface area contributed by atoms with E-state index in [9.17, 15) is 14.4 Å². The number of amides is 3. The molecule has 2 atom stereocenters. The van der Waals surface area contributed by atoms with Crippen LogP contribution in [0.4, 0.5) is 4.79 Å². The quantitative estimate of drug-likeness (QED) is 0.651. The van der Waals surface area contributed by atoms with Gasteiger partial charge in [0, 0.05) is 30.5 Å².